The van der Waals surface area contributed by atoms with Gasteiger partial charge in [-0.2, -0.15) is 0 Å². The van der Waals surface area contributed by atoms with Gasteiger partial charge in [0, 0.05) is 12.8 Å². The van der Waals surface area contributed by atoms with E-state index in [0.717, 1.165) is 96.3 Å². The summed E-state index contributed by atoms with van der Waals surface area (Å²) in [4.78, 5) is 24.3. The van der Waals surface area contributed by atoms with Crippen LogP contribution in [0.15, 0.2) is 97.2 Å². The van der Waals surface area contributed by atoms with E-state index in [2.05, 4.69) is 111 Å². The standard InChI is InChI=1S/C48H78O5/c1-3-5-7-9-11-13-15-17-19-20-21-22-23-24-25-26-27-28-29-31-33-35-37-39-41-43-48(51)53-46(44-49)45-52-47(50)42-40-38-36-34-32-30-18-16-14-12-10-8-6-4-2/h5,7,10-13,16-19,21-22,24-25,27-28,46,49H,3-4,6,8-9,14-15,20,23,26,29-45H2,1-2H3/b7-5-,12-10-,13-11-,18-16-,19-17-,22-21-,25-24-,28-27-. The lowest BCUT2D eigenvalue weighted by Crippen LogP contribution is -2.28. The predicted molar refractivity (Wildman–Crippen MR) is 228 cm³/mol. The summed E-state index contributed by atoms with van der Waals surface area (Å²) in [6.07, 6.45) is 60.4. The van der Waals surface area contributed by atoms with Crippen molar-refractivity contribution in [1.82, 2.24) is 0 Å². The Kier molecular flexibility index (Phi) is 40.6. The number of hydrogen-bond acceptors (Lipinski definition) is 5. The maximum atomic E-state index is 12.2. The van der Waals surface area contributed by atoms with E-state index in [4.69, 9.17) is 9.47 Å². The van der Waals surface area contributed by atoms with Crippen molar-refractivity contribution in [2.24, 2.45) is 0 Å². The molecule has 0 saturated heterocycles. The molecule has 53 heavy (non-hydrogen) atoms. The van der Waals surface area contributed by atoms with Crippen LogP contribution in [0.4, 0.5) is 0 Å². The second-order valence-corrected chi connectivity index (χ2v) is 13.7. The number of allylic oxidation sites excluding steroid dienone is 16. The summed E-state index contributed by atoms with van der Waals surface area (Å²) >= 11 is 0. The molecule has 0 aromatic rings. The fourth-order valence-electron chi connectivity index (χ4n) is 5.40. The molecule has 0 saturated carbocycles. The molecule has 300 valence electrons. The van der Waals surface area contributed by atoms with Crippen molar-refractivity contribution in [2.75, 3.05) is 13.2 Å². The largest absolute Gasteiger partial charge is 0.462 e. The summed E-state index contributed by atoms with van der Waals surface area (Å²) in [5.74, 6) is -0.633. The van der Waals surface area contributed by atoms with Crippen molar-refractivity contribution in [3.8, 4) is 0 Å². The number of rotatable bonds is 37. The van der Waals surface area contributed by atoms with Gasteiger partial charge in [0.05, 0.1) is 6.61 Å². The van der Waals surface area contributed by atoms with Crippen LogP contribution >= 0.6 is 0 Å². The lowest BCUT2D eigenvalue weighted by molar-refractivity contribution is -0.161. The minimum atomic E-state index is -0.791. The second-order valence-electron chi connectivity index (χ2n) is 13.7. The van der Waals surface area contributed by atoms with E-state index >= 15 is 0 Å². The minimum Gasteiger partial charge on any atom is -0.462 e. The maximum absolute atomic E-state index is 12.2. The van der Waals surface area contributed by atoms with Crippen molar-refractivity contribution in [3.63, 3.8) is 0 Å². The molecule has 1 unspecified atom stereocenters. The summed E-state index contributed by atoms with van der Waals surface area (Å²) < 4.78 is 10.6. The van der Waals surface area contributed by atoms with E-state index < -0.39 is 6.10 Å². The Hall–Kier alpha value is -3.18. The van der Waals surface area contributed by atoms with Crippen LogP contribution in [0.5, 0.6) is 0 Å². The molecule has 1 atom stereocenters. The highest BCUT2D eigenvalue weighted by Crippen LogP contribution is 2.12. The first-order valence-electron chi connectivity index (χ1n) is 21.3. The van der Waals surface area contributed by atoms with Gasteiger partial charge in [0.25, 0.3) is 0 Å². The molecular formula is C48H78O5. The van der Waals surface area contributed by atoms with E-state index in [-0.39, 0.29) is 25.2 Å². The molecule has 0 aromatic carbocycles. The third-order valence-electron chi connectivity index (χ3n) is 8.61. The van der Waals surface area contributed by atoms with Crippen LogP contribution in [0.1, 0.15) is 174 Å². The second kappa shape index (κ2) is 43.2. The molecule has 0 amide bonds. The van der Waals surface area contributed by atoms with Crippen LogP contribution in [-0.4, -0.2) is 36.4 Å². The number of carbonyl (C=O) groups is 2. The van der Waals surface area contributed by atoms with E-state index in [1.54, 1.807) is 0 Å². The van der Waals surface area contributed by atoms with Crippen LogP contribution < -0.4 is 0 Å². The van der Waals surface area contributed by atoms with Gasteiger partial charge in [-0.25, -0.2) is 0 Å². The number of esters is 2. The van der Waals surface area contributed by atoms with Crippen LogP contribution in [-0.2, 0) is 19.1 Å². The lowest BCUT2D eigenvalue weighted by Gasteiger charge is -2.15. The Bertz CT molecular complexity index is 1060. The average Bonchev–Trinajstić information content (AvgIpc) is 3.16. The fourth-order valence-corrected chi connectivity index (χ4v) is 5.40. The van der Waals surface area contributed by atoms with E-state index in [9.17, 15) is 14.7 Å². The van der Waals surface area contributed by atoms with Crippen molar-refractivity contribution in [1.29, 1.82) is 0 Å². The van der Waals surface area contributed by atoms with Crippen molar-refractivity contribution >= 4 is 11.9 Å². The third kappa shape index (κ3) is 41.4. The van der Waals surface area contributed by atoms with E-state index in [0.29, 0.717) is 12.8 Å². The number of hydrogen-bond donors (Lipinski definition) is 1. The highest BCUT2D eigenvalue weighted by Gasteiger charge is 2.16. The molecular weight excluding hydrogens is 657 g/mol. The monoisotopic (exact) mass is 735 g/mol. The maximum Gasteiger partial charge on any atom is 0.306 e. The quantitative estimate of drug-likeness (QED) is 0.0391. The third-order valence-corrected chi connectivity index (χ3v) is 8.61. The summed E-state index contributed by atoms with van der Waals surface area (Å²) in [6, 6.07) is 0. The zero-order valence-corrected chi connectivity index (χ0v) is 34.0. The molecule has 0 fully saturated rings. The summed E-state index contributed by atoms with van der Waals surface area (Å²) in [6.45, 7) is 3.94. The first-order chi connectivity index (χ1) is 26.1. The van der Waals surface area contributed by atoms with Crippen LogP contribution in [0.2, 0.25) is 0 Å². The van der Waals surface area contributed by atoms with Crippen LogP contribution in [0, 0.1) is 0 Å². The smallest absolute Gasteiger partial charge is 0.306 e. The summed E-state index contributed by atoms with van der Waals surface area (Å²) in [5, 5.41) is 9.57. The van der Waals surface area contributed by atoms with Crippen molar-refractivity contribution < 1.29 is 24.2 Å². The summed E-state index contributed by atoms with van der Waals surface area (Å²) in [5.41, 5.74) is 0. The molecule has 0 rings (SSSR count). The van der Waals surface area contributed by atoms with Gasteiger partial charge in [0.2, 0.25) is 0 Å². The topological polar surface area (TPSA) is 72.8 Å². The molecule has 1 N–H and O–H groups in total. The van der Waals surface area contributed by atoms with Gasteiger partial charge in [-0.05, 0) is 89.9 Å². The number of ether oxygens (including phenoxy) is 2. The molecule has 0 bridgehead atoms. The zero-order valence-electron chi connectivity index (χ0n) is 34.0. The van der Waals surface area contributed by atoms with Gasteiger partial charge in [-0.15, -0.1) is 0 Å². The first-order valence-corrected chi connectivity index (χ1v) is 21.3. The lowest BCUT2D eigenvalue weighted by atomic mass is 10.1. The molecule has 0 spiro atoms. The Morgan fingerprint density at radius 3 is 1.23 bits per heavy atom. The molecule has 0 aliphatic heterocycles. The van der Waals surface area contributed by atoms with Gasteiger partial charge in [0.15, 0.2) is 6.10 Å². The van der Waals surface area contributed by atoms with Gasteiger partial charge in [-0.1, -0.05) is 169 Å². The Labute approximate surface area is 326 Å². The molecule has 0 aliphatic carbocycles. The highest BCUT2D eigenvalue weighted by atomic mass is 16.6. The highest BCUT2D eigenvalue weighted by molar-refractivity contribution is 5.70. The molecule has 0 aliphatic rings. The van der Waals surface area contributed by atoms with Gasteiger partial charge < -0.3 is 14.6 Å². The van der Waals surface area contributed by atoms with Gasteiger partial charge in [0.1, 0.15) is 6.61 Å². The molecule has 0 aromatic heterocycles. The number of aliphatic hydroxyl groups is 1. The summed E-state index contributed by atoms with van der Waals surface area (Å²) in [7, 11) is 0. The number of aliphatic hydroxyl groups excluding tert-OH is 1. The molecule has 5 nitrogen and oxygen atoms in total. The van der Waals surface area contributed by atoms with E-state index in [1.165, 1.54) is 51.4 Å². The van der Waals surface area contributed by atoms with Crippen molar-refractivity contribution in [3.05, 3.63) is 97.2 Å². The SMILES string of the molecule is CC/C=C\C/C=C\C/C=C\C/C=C\C/C=C\C/C=C\CCCCCCCCC(=O)OC(CO)COC(=O)CCCCCCC/C=C\C/C=C\CCCC. The fraction of sp³-hybridized carbons (Fsp3) is 0.625. The van der Waals surface area contributed by atoms with E-state index in [1.807, 2.05) is 0 Å². The zero-order chi connectivity index (χ0) is 38.6. The number of carbonyl (C=O) groups excluding carboxylic acids is 2. The molecule has 0 radical (unpaired) electrons. The predicted octanol–water partition coefficient (Wildman–Crippen LogP) is 13.7. The molecule has 0 heterocycles. The Morgan fingerprint density at radius 1 is 0.453 bits per heavy atom. The van der Waals surface area contributed by atoms with Gasteiger partial charge >= 0.3 is 11.9 Å². The van der Waals surface area contributed by atoms with Crippen LogP contribution in [0.3, 0.4) is 0 Å². The first kappa shape index (κ1) is 49.8. The minimum absolute atomic E-state index is 0.0854. The van der Waals surface area contributed by atoms with Crippen molar-refractivity contribution in [2.45, 2.75) is 180 Å². The Balaban J connectivity index is 3.65. The Morgan fingerprint density at radius 2 is 0.811 bits per heavy atom. The van der Waals surface area contributed by atoms with Gasteiger partial charge in [-0.3, -0.25) is 9.59 Å². The van der Waals surface area contributed by atoms with Crippen LogP contribution in [0.25, 0.3) is 0 Å². The average molecular weight is 735 g/mol. The molecule has 5 heteroatoms. The number of unbranched alkanes of at least 4 members (excludes halogenated alkanes) is 13. The normalized spacial score (nSPS) is 13.2.